The fraction of sp³-hybridized carbons (Fsp3) is 0.474. The Hall–Kier alpha value is -2.10. The maximum absolute atomic E-state index is 4.90. The van der Waals surface area contributed by atoms with Crippen LogP contribution >= 0.6 is 0 Å². The highest BCUT2D eigenvalue weighted by Crippen LogP contribution is 2.39. The molecule has 0 bridgehead atoms. The monoisotopic (exact) mass is 308 g/mol. The van der Waals surface area contributed by atoms with Crippen molar-refractivity contribution in [3.63, 3.8) is 0 Å². The minimum Gasteiger partial charge on any atom is -0.370 e. The van der Waals surface area contributed by atoms with Crippen LogP contribution < -0.4 is 10.2 Å². The lowest BCUT2D eigenvalue weighted by atomic mass is 9.95. The molecular weight excluding hydrogens is 284 g/mol. The molecule has 0 unspecified atom stereocenters. The van der Waals surface area contributed by atoms with Gasteiger partial charge in [0.25, 0.3) is 0 Å². The predicted octanol–water partition coefficient (Wildman–Crippen LogP) is 3.74. The molecule has 1 aromatic heterocycles. The molecule has 0 radical (unpaired) electrons. The molecule has 4 rings (SSSR count). The Morgan fingerprint density at radius 3 is 2.70 bits per heavy atom. The molecule has 1 N–H and O–H groups in total. The van der Waals surface area contributed by atoms with Gasteiger partial charge in [-0.3, -0.25) is 0 Å². The third-order valence-corrected chi connectivity index (χ3v) is 4.83. The van der Waals surface area contributed by atoms with E-state index in [4.69, 9.17) is 9.97 Å². The Bertz CT molecular complexity index is 708. The second-order valence-corrected chi connectivity index (χ2v) is 6.72. The van der Waals surface area contributed by atoms with Crippen molar-refractivity contribution < 1.29 is 0 Å². The number of nitrogens with one attached hydrogen (secondary N) is 1. The first-order valence-electron chi connectivity index (χ1n) is 8.71. The van der Waals surface area contributed by atoms with E-state index in [0.29, 0.717) is 12.0 Å². The highest BCUT2D eigenvalue weighted by Gasteiger charge is 2.29. The zero-order valence-corrected chi connectivity index (χ0v) is 13.9. The molecule has 2 heterocycles. The summed E-state index contributed by atoms with van der Waals surface area (Å²) in [5.74, 6) is 3.62. The summed E-state index contributed by atoms with van der Waals surface area (Å²) in [6.07, 6.45) is 3.54. The van der Waals surface area contributed by atoms with Crippen molar-refractivity contribution in [2.75, 3.05) is 16.8 Å². The fourth-order valence-electron chi connectivity index (χ4n) is 3.38. The van der Waals surface area contributed by atoms with Crippen molar-refractivity contribution in [2.24, 2.45) is 0 Å². The Labute approximate surface area is 138 Å². The molecule has 0 amide bonds. The van der Waals surface area contributed by atoms with Crippen LogP contribution in [-0.4, -0.2) is 22.6 Å². The summed E-state index contributed by atoms with van der Waals surface area (Å²) >= 11 is 0. The van der Waals surface area contributed by atoms with E-state index in [1.165, 1.54) is 24.0 Å². The molecular formula is C19H24N4. The summed E-state index contributed by atoms with van der Waals surface area (Å²) in [6.45, 7) is 6.23. The van der Waals surface area contributed by atoms with Crippen LogP contribution in [0.2, 0.25) is 0 Å². The van der Waals surface area contributed by atoms with Gasteiger partial charge in [0.15, 0.2) is 0 Å². The van der Waals surface area contributed by atoms with E-state index in [2.05, 4.69) is 54.4 Å². The first-order valence-corrected chi connectivity index (χ1v) is 8.71. The van der Waals surface area contributed by atoms with E-state index in [9.17, 15) is 0 Å². The molecule has 23 heavy (non-hydrogen) atoms. The van der Waals surface area contributed by atoms with Crippen molar-refractivity contribution >= 4 is 11.6 Å². The summed E-state index contributed by atoms with van der Waals surface area (Å²) in [6, 6.07) is 11.3. The SMILES string of the molecule is CCNc1cc(N2Cc3ccccc3C[C@H]2C)nc(C2CC2)n1. The number of nitrogens with zero attached hydrogens (tertiary/aromatic N) is 3. The van der Waals surface area contributed by atoms with Gasteiger partial charge < -0.3 is 10.2 Å². The van der Waals surface area contributed by atoms with Gasteiger partial charge in [0.1, 0.15) is 17.5 Å². The van der Waals surface area contributed by atoms with Crippen LogP contribution in [0.5, 0.6) is 0 Å². The minimum atomic E-state index is 0.460. The van der Waals surface area contributed by atoms with Gasteiger partial charge in [-0.05, 0) is 44.2 Å². The van der Waals surface area contributed by atoms with E-state index in [0.717, 1.165) is 37.0 Å². The van der Waals surface area contributed by atoms with Gasteiger partial charge in [0.2, 0.25) is 0 Å². The van der Waals surface area contributed by atoms with Gasteiger partial charge >= 0.3 is 0 Å². The normalized spacial score (nSPS) is 20.3. The summed E-state index contributed by atoms with van der Waals surface area (Å²) in [7, 11) is 0. The van der Waals surface area contributed by atoms with Gasteiger partial charge in [-0.25, -0.2) is 9.97 Å². The van der Waals surface area contributed by atoms with E-state index in [1.807, 2.05) is 0 Å². The van der Waals surface area contributed by atoms with Gasteiger partial charge in [0.05, 0.1) is 0 Å². The van der Waals surface area contributed by atoms with Crippen LogP contribution in [0.1, 0.15) is 49.6 Å². The minimum absolute atomic E-state index is 0.460. The zero-order chi connectivity index (χ0) is 15.8. The van der Waals surface area contributed by atoms with Crippen LogP contribution in [0.4, 0.5) is 11.6 Å². The smallest absolute Gasteiger partial charge is 0.136 e. The Morgan fingerprint density at radius 2 is 1.96 bits per heavy atom. The van der Waals surface area contributed by atoms with E-state index >= 15 is 0 Å². The summed E-state index contributed by atoms with van der Waals surface area (Å²) in [5, 5.41) is 3.37. The average Bonchev–Trinajstić information content (AvgIpc) is 3.39. The average molecular weight is 308 g/mol. The molecule has 1 saturated carbocycles. The second-order valence-electron chi connectivity index (χ2n) is 6.72. The van der Waals surface area contributed by atoms with Crippen LogP contribution in [0.25, 0.3) is 0 Å². The van der Waals surface area contributed by atoms with E-state index in [-0.39, 0.29) is 0 Å². The maximum atomic E-state index is 4.90. The summed E-state index contributed by atoms with van der Waals surface area (Å²) < 4.78 is 0. The first-order chi connectivity index (χ1) is 11.2. The van der Waals surface area contributed by atoms with Crippen LogP contribution in [0, 0.1) is 0 Å². The number of aromatic nitrogens is 2. The van der Waals surface area contributed by atoms with Crippen molar-refractivity contribution in [3.8, 4) is 0 Å². The lowest BCUT2D eigenvalue weighted by molar-refractivity contribution is 0.585. The van der Waals surface area contributed by atoms with Gasteiger partial charge in [-0.15, -0.1) is 0 Å². The van der Waals surface area contributed by atoms with Gasteiger partial charge in [-0.1, -0.05) is 24.3 Å². The molecule has 1 aliphatic heterocycles. The standard InChI is InChI=1S/C19H24N4/c1-3-20-17-11-18(22-19(21-17)14-8-9-14)23-12-16-7-5-4-6-15(16)10-13(23)2/h4-7,11,13-14H,3,8-10,12H2,1-2H3,(H,20,21,22)/t13-/m1/s1. The van der Waals surface area contributed by atoms with Gasteiger partial charge in [0, 0.05) is 31.1 Å². The molecule has 2 aliphatic rings. The number of anilines is 2. The van der Waals surface area contributed by atoms with Crippen molar-refractivity contribution in [1.82, 2.24) is 9.97 Å². The largest absolute Gasteiger partial charge is 0.370 e. The lowest BCUT2D eigenvalue weighted by Gasteiger charge is -2.36. The third kappa shape index (κ3) is 2.90. The van der Waals surface area contributed by atoms with Gasteiger partial charge in [-0.2, -0.15) is 0 Å². The highest BCUT2D eigenvalue weighted by atomic mass is 15.2. The summed E-state index contributed by atoms with van der Waals surface area (Å²) in [4.78, 5) is 12.0. The number of benzene rings is 1. The highest BCUT2D eigenvalue weighted by molar-refractivity contribution is 5.53. The van der Waals surface area contributed by atoms with Crippen LogP contribution in [-0.2, 0) is 13.0 Å². The molecule has 1 fully saturated rings. The number of hydrogen-bond donors (Lipinski definition) is 1. The maximum Gasteiger partial charge on any atom is 0.136 e. The molecule has 4 heteroatoms. The van der Waals surface area contributed by atoms with E-state index < -0.39 is 0 Å². The van der Waals surface area contributed by atoms with Crippen molar-refractivity contribution in [1.29, 1.82) is 0 Å². The topological polar surface area (TPSA) is 41.0 Å². The molecule has 1 aliphatic carbocycles. The molecule has 1 atom stereocenters. The lowest BCUT2D eigenvalue weighted by Crippen LogP contribution is -2.39. The third-order valence-electron chi connectivity index (χ3n) is 4.83. The van der Waals surface area contributed by atoms with Crippen LogP contribution in [0.3, 0.4) is 0 Å². The molecule has 4 nitrogen and oxygen atoms in total. The first kappa shape index (κ1) is 14.5. The van der Waals surface area contributed by atoms with E-state index in [1.54, 1.807) is 0 Å². The zero-order valence-electron chi connectivity index (χ0n) is 13.9. The predicted molar refractivity (Wildman–Crippen MR) is 94.0 cm³/mol. The Kier molecular flexibility index (Phi) is 3.68. The quantitative estimate of drug-likeness (QED) is 0.934. The number of fused-ring (bicyclic) bond motifs is 1. The molecule has 1 aromatic carbocycles. The van der Waals surface area contributed by atoms with Crippen LogP contribution in [0.15, 0.2) is 30.3 Å². The molecule has 120 valence electrons. The van der Waals surface area contributed by atoms with Crippen molar-refractivity contribution in [2.45, 2.75) is 51.6 Å². The Morgan fingerprint density at radius 1 is 1.17 bits per heavy atom. The second kappa shape index (κ2) is 5.84. The fourth-order valence-corrected chi connectivity index (χ4v) is 3.38. The Balaban J connectivity index is 1.69. The molecule has 2 aromatic rings. The molecule has 0 saturated heterocycles. The summed E-state index contributed by atoms with van der Waals surface area (Å²) in [5.41, 5.74) is 2.89. The number of hydrogen-bond acceptors (Lipinski definition) is 4. The van der Waals surface area contributed by atoms with Crippen molar-refractivity contribution in [3.05, 3.63) is 47.3 Å². The number of rotatable bonds is 4. The molecule has 0 spiro atoms.